The maximum absolute atomic E-state index is 4.61. The highest BCUT2D eigenvalue weighted by Crippen LogP contribution is 2.17. The SMILES string of the molecule is CCCNCC1CCCN(Cc2cccc(C)n2)C1. The van der Waals surface area contributed by atoms with Gasteiger partial charge in [0.2, 0.25) is 0 Å². The maximum Gasteiger partial charge on any atom is 0.0547 e. The Kier molecular flexibility index (Phi) is 5.80. The van der Waals surface area contributed by atoms with Crippen molar-refractivity contribution in [2.75, 3.05) is 26.2 Å². The molecule has 0 bridgehead atoms. The number of aromatic nitrogens is 1. The van der Waals surface area contributed by atoms with Crippen molar-refractivity contribution < 1.29 is 0 Å². The van der Waals surface area contributed by atoms with Crippen molar-refractivity contribution in [1.82, 2.24) is 15.2 Å². The van der Waals surface area contributed by atoms with Crippen LogP contribution in [-0.2, 0) is 6.54 Å². The van der Waals surface area contributed by atoms with Crippen LogP contribution in [0.25, 0.3) is 0 Å². The molecule has 19 heavy (non-hydrogen) atoms. The minimum atomic E-state index is 0.810. The van der Waals surface area contributed by atoms with Crippen LogP contribution in [0.1, 0.15) is 37.6 Å². The molecule has 0 radical (unpaired) electrons. The van der Waals surface area contributed by atoms with E-state index in [0.29, 0.717) is 0 Å². The summed E-state index contributed by atoms with van der Waals surface area (Å²) in [5.41, 5.74) is 2.33. The van der Waals surface area contributed by atoms with Crippen molar-refractivity contribution in [2.45, 2.75) is 39.7 Å². The van der Waals surface area contributed by atoms with Crippen molar-refractivity contribution in [1.29, 1.82) is 0 Å². The van der Waals surface area contributed by atoms with Gasteiger partial charge >= 0.3 is 0 Å². The Morgan fingerprint density at radius 1 is 1.42 bits per heavy atom. The molecule has 1 atom stereocenters. The third-order valence-electron chi connectivity index (χ3n) is 3.79. The molecule has 0 aliphatic carbocycles. The van der Waals surface area contributed by atoms with Gasteiger partial charge < -0.3 is 5.32 Å². The highest BCUT2D eigenvalue weighted by molar-refractivity contribution is 5.09. The number of rotatable bonds is 6. The lowest BCUT2D eigenvalue weighted by Gasteiger charge is -2.32. The van der Waals surface area contributed by atoms with Crippen LogP contribution in [0.2, 0.25) is 0 Å². The third-order valence-corrected chi connectivity index (χ3v) is 3.79. The average molecular weight is 261 g/mol. The van der Waals surface area contributed by atoms with E-state index >= 15 is 0 Å². The summed E-state index contributed by atoms with van der Waals surface area (Å²) >= 11 is 0. The van der Waals surface area contributed by atoms with Crippen LogP contribution < -0.4 is 5.32 Å². The first-order valence-electron chi connectivity index (χ1n) is 7.63. The fraction of sp³-hybridized carbons (Fsp3) is 0.688. The summed E-state index contributed by atoms with van der Waals surface area (Å²) in [7, 11) is 0. The maximum atomic E-state index is 4.61. The van der Waals surface area contributed by atoms with Crippen LogP contribution in [0.15, 0.2) is 18.2 Å². The minimum Gasteiger partial charge on any atom is -0.316 e. The molecule has 1 fully saturated rings. The van der Waals surface area contributed by atoms with Crippen LogP contribution in [0.4, 0.5) is 0 Å². The van der Waals surface area contributed by atoms with Gasteiger partial charge in [0.15, 0.2) is 0 Å². The predicted molar refractivity (Wildman–Crippen MR) is 80.1 cm³/mol. The molecule has 1 saturated heterocycles. The second kappa shape index (κ2) is 7.61. The first-order valence-corrected chi connectivity index (χ1v) is 7.63. The van der Waals surface area contributed by atoms with E-state index < -0.39 is 0 Å². The van der Waals surface area contributed by atoms with Crippen LogP contribution in [0.3, 0.4) is 0 Å². The fourth-order valence-corrected chi connectivity index (χ4v) is 2.86. The molecule has 106 valence electrons. The Morgan fingerprint density at radius 2 is 2.32 bits per heavy atom. The van der Waals surface area contributed by atoms with E-state index in [1.165, 1.54) is 44.6 Å². The molecule has 1 aromatic heterocycles. The molecule has 3 nitrogen and oxygen atoms in total. The lowest BCUT2D eigenvalue weighted by Crippen LogP contribution is -2.39. The smallest absolute Gasteiger partial charge is 0.0547 e. The minimum absolute atomic E-state index is 0.810. The van der Waals surface area contributed by atoms with Crippen LogP contribution >= 0.6 is 0 Å². The van der Waals surface area contributed by atoms with E-state index in [1.807, 2.05) is 0 Å². The summed E-state index contributed by atoms with van der Waals surface area (Å²) < 4.78 is 0. The molecule has 2 heterocycles. The zero-order chi connectivity index (χ0) is 13.5. The molecule has 2 rings (SSSR count). The normalized spacial score (nSPS) is 20.6. The molecule has 0 saturated carbocycles. The number of likely N-dealkylation sites (tertiary alicyclic amines) is 1. The van der Waals surface area contributed by atoms with Crippen molar-refractivity contribution in [3.05, 3.63) is 29.6 Å². The molecule has 1 N–H and O–H groups in total. The first kappa shape index (κ1) is 14.5. The van der Waals surface area contributed by atoms with Gasteiger partial charge in [-0.2, -0.15) is 0 Å². The Morgan fingerprint density at radius 3 is 3.11 bits per heavy atom. The van der Waals surface area contributed by atoms with E-state index in [0.717, 1.165) is 24.7 Å². The van der Waals surface area contributed by atoms with Crippen molar-refractivity contribution in [3.63, 3.8) is 0 Å². The summed E-state index contributed by atoms with van der Waals surface area (Å²) in [5, 5.41) is 3.56. The van der Waals surface area contributed by atoms with E-state index in [1.54, 1.807) is 0 Å². The zero-order valence-corrected chi connectivity index (χ0v) is 12.4. The number of pyridine rings is 1. The van der Waals surface area contributed by atoms with Gasteiger partial charge in [0.05, 0.1) is 5.69 Å². The van der Waals surface area contributed by atoms with Crippen LogP contribution in [-0.4, -0.2) is 36.1 Å². The third kappa shape index (κ3) is 4.92. The molecule has 0 spiro atoms. The van der Waals surface area contributed by atoms with Gasteiger partial charge in [-0.3, -0.25) is 9.88 Å². The monoisotopic (exact) mass is 261 g/mol. The second-order valence-electron chi connectivity index (χ2n) is 5.72. The van der Waals surface area contributed by atoms with E-state index in [2.05, 4.69) is 47.2 Å². The standard InChI is InChI=1S/C16H27N3/c1-3-9-17-11-15-7-5-10-19(12-15)13-16-8-4-6-14(2)18-16/h4,6,8,15,17H,3,5,7,9-13H2,1-2H3. The molecule has 3 heteroatoms. The Bertz CT molecular complexity index is 378. The Hall–Kier alpha value is -0.930. The van der Waals surface area contributed by atoms with Gasteiger partial charge in [0, 0.05) is 18.8 Å². The fourth-order valence-electron chi connectivity index (χ4n) is 2.86. The number of piperidine rings is 1. The van der Waals surface area contributed by atoms with Gasteiger partial charge in [-0.1, -0.05) is 13.0 Å². The van der Waals surface area contributed by atoms with E-state index in [9.17, 15) is 0 Å². The molecular weight excluding hydrogens is 234 g/mol. The average Bonchev–Trinajstić information content (AvgIpc) is 2.39. The molecule has 1 aliphatic rings. The lowest BCUT2D eigenvalue weighted by molar-refractivity contribution is 0.164. The first-order chi connectivity index (χ1) is 9.28. The van der Waals surface area contributed by atoms with Gasteiger partial charge in [-0.05, 0) is 63.9 Å². The second-order valence-corrected chi connectivity index (χ2v) is 5.72. The molecule has 1 aromatic rings. The van der Waals surface area contributed by atoms with Gasteiger partial charge in [0.1, 0.15) is 0 Å². The summed E-state index contributed by atoms with van der Waals surface area (Å²) in [5.74, 6) is 0.810. The number of hydrogen-bond donors (Lipinski definition) is 1. The highest BCUT2D eigenvalue weighted by Gasteiger charge is 2.19. The number of aryl methyl sites for hydroxylation is 1. The largest absolute Gasteiger partial charge is 0.316 e. The molecular formula is C16H27N3. The molecule has 0 amide bonds. The summed E-state index contributed by atoms with van der Waals surface area (Å²) in [6, 6.07) is 6.32. The Balaban J connectivity index is 1.80. The van der Waals surface area contributed by atoms with Crippen LogP contribution in [0, 0.1) is 12.8 Å². The summed E-state index contributed by atoms with van der Waals surface area (Å²) in [6.07, 6.45) is 3.92. The topological polar surface area (TPSA) is 28.2 Å². The number of hydrogen-bond acceptors (Lipinski definition) is 3. The van der Waals surface area contributed by atoms with Crippen molar-refractivity contribution in [3.8, 4) is 0 Å². The molecule has 1 unspecified atom stereocenters. The van der Waals surface area contributed by atoms with Gasteiger partial charge in [-0.15, -0.1) is 0 Å². The summed E-state index contributed by atoms with van der Waals surface area (Å²) in [4.78, 5) is 7.17. The van der Waals surface area contributed by atoms with Crippen molar-refractivity contribution in [2.24, 2.45) is 5.92 Å². The summed E-state index contributed by atoms with van der Waals surface area (Å²) in [6.45, 7) is 10.1. The van der Waals surface area contributed by atoms with E-state index in [-0.39, 0.29) is 0 Å². The number of nitrogens with zero attached hydrogens (tertiary/aromatic N) is 2. The number of nitrogens with one attached hydrogen (secondary N) is 1. The zero-order valence-electron chi connectivity index (χ0n) is 12.4. The molecule has 1 aliphatic heterocycles. The lowest BCUT2D eigenvalue weighted by atomic mass is 9.98. The van der Waals surface area contributed by atoms with E-state index in [4.69, 9.17) is 0 Å². The predicted octanol–water partition coefficient (Wildman–Crippen LogP) is 2.60. The van der Waals surface area contributed by atoms with Gasteiger partial charge in [0.25, 0.3) is 0 Å². The van der Waals surface area contributed by atoms with Gasteiger partial charge in [-0.25, -0.2) is 0 Å². The quantitative estimate of drug-likeness (QED) is 0.798. The Labute approximate surface area is 117 Å². The van der Waals surface area contributed by atoms with Crippen molar-refractivity contribution >= 4 is 0 Å². The highest BCUT2D eigenvalue weighted by atomic mass is 15.1. The molecule has 0 aromatic carbocycles. The van der Waals surface area contributed by atoms with Crippen LogP contribution in [0.5, 0.6) is 0 Å².